The number of aromatic hydroxyl groups is 1. The van der Waals surface area contributed by atoms with Crippen LogP contribution in [-0.2, 0) is 6.42 Å². The van der Waals surface area contributed by atoms with Crippen molar-refractivity contribution in [3.8, 4) is 16.9 Å². The zero-order valence-electron chi connectivity index (χ0n) is 10.1. The average Bonchev–Trinajstić information content (AvgIpc) is 2.39. The van der Waals surface area contributed by atoms with Crippen LogP contribution in [0.2, 0.25) is 0 Å². The normalized spacial score (nSPS) is 10.5. The maximum absolute atomic E-state index is 9.91. The summed E-state index contributed by atoms with van der Waals surface area (Å²) in [6.07, 6.45) is 3.04. The van der Waals surface area contributed by atoms with Gasteiger partial charge in [0.2, 0.25) is 0 Å². The molecule has 0 unspecified atom stereocenters. The third-order valence-corrected chi connectivity index (χ3v) is 3.61. The van der Waals surface area contributed by atoms with Gasteiger partial charge in [0.05, 0.1) is 0 Å². The number of hydrogen-bond donors (Lipinski definition) is 1. The van der Waals surface area contributed by atoms with Crippen molar-refractivity contribution in [1.82, 2.24) is 0 Å². The zero-order valence-corrected chi connectivity index (χ0v) is 10.9. The van der Waals surface area contributed by atoms with Gasteiger partial charge >= 0.3 is 0 Å². The fraction of sp³-hybridized carbons (Fsp3) is 0.200. The largest absolute Gasteiger partial charge is 0.507 e. The average molecular weight is 244 g/mol. The minimum absolute atomic E-state index is 0.346. The smallest absolute Gasteiger partial charge is 0.123 e. The molecule has 1 N–H and O–H groups in total. The van der Waals surface area contributed by atoms with Crippen LogP contribution in [0.4, 0.5) is 0 Å². The minimum Gasteiger partial charge on any atom is -0.507 e. The SMILES string of the molecule is CCc1ccc(O)c(-c2ccc(SC)cc2)c1. The molecule has 0 aliphatic carbocycles. The molecule has 1 nitrogen and oxygen atoms in total. The molecule has 0 heterocycles. The molecule has 0 aromatic heterocycles. The fourth-order valence-electron chi connectivity index (χ4n) is 1.80. The molecule has 88 valence electrons. The van der Waals surface area contributed by atoms with E-state index in [0.717, 1.165) is 17.5 Å². The number of phenolic OH excluding ortho intramolecular Hbond substituents is 1. The van der Waals surface area contributed by atoms with Crippen molar-refractivity contribution in [3.63, 3.8) is 0 Å². The van der Waals surface area contributed by atoms with Crippen LogP contribution in [0, 0.1) is 0 Å². The molecule has 2 rings (SSSR count). The Morgan fingerprint density at radius 3 is 2.35 bits per heavy atom. The van der Waals surface area contributed by atoms with Gasteiger partial charge in [0, 0.05) is 10.5 Å². The second-order valence-corrected chi connectivity index (χ2v) is 4.81. The maximum Gasteiger partial charge on any atom is 0.123 e. The molecule has 0 bridgehead atoms. The van der Waals surface area contributed by atoms with Crippen molar-refractivity contribution in [1.29, 1.82) is 0 Å². The molecule has 0 aliphatic heterocycles. The second-order valence-electron chi connectivity index (χ2n) is 3.93. The summed E-state index contributed by atoms with van der Waals surface area (Å²) in [5, 5.41) is 9.91. The molecule has 0 atom stereocenters. The maximum atomic E-state index is 9.91. The molecule has 0 radical (unpaired) electrons. The van der Waals surface area contributed by atoms with Gasteiger partial charge < -0.3 is 5.11 Å². The van der Waals surface area contributed by atoms with E-state index in [4.69, 9.17) is 0 Å². The molecule has 17 heavy (non-hydrogen) atoms. The van der Waals surface area contributed by atoms with Gasteiger partial charge in [0.1, 0.15) is 5.75 Å². The Kier molecular flexibility index (Phi) is 3.75. The number of aryl methyl sites for hydroxylation is 1. The highest BCUT2D eigenvalue weighted by Crippen LogP contribution is 2.31. The number of benzene rings is 2. The van der Waals surface area contributed by atoms with Crippen LogP contribution in [0.1, 0.15) is 12.5 Å². The Balaban J connectivity index is 2.43. The van der Waals surface area contributed by atoms with Crippen molar-refractivity contribution < 1.29 is 5.11 Å². The van der Waals surface area contributed by atoms with Crippen molar-refractivity contribution >= 4 is 11.8 Å². The first-order chi connectivity index (χ1) is 8.24. The summed E-state index contributed by atoms with van der Waals surface area (Å²) >= 11 is 1.72. The monoisotopic (exact) mass is 244 g/mol. The number of phenols is 1. The van der Waals surface area contributed by atoms with Crippen molar-refractivity contribution in [2.45, 2.75) is 18.2 Å². The van der Waals surface area contributed by atoms with Gasteiger partial charge in [-0.2, -0.15) is 0 Å². The fourth-order valence-corrected chi connectivity index (χ4v) is 2.21. The lowest BCUT2D eigenvalue weighted by Crippen LogP contribution is -1.84. The van der Waals surface area contributed by atoms with Crippen LogP contribution < -0.4 is 0 Å². The lowest BCUT2D eigenvalue weighted by atomic mass is 10.0. The Hall–Kier alpha value is -1.41. The van der Waals surface area contributed by atoms with E-state index in [1.54, 1.807) is 17.8 Å². The first-order valence-electron chi connectivity index (χ1n) is 5.71. The number of hydrogen-bond acceptors (Lipinski definition) is 2. The Morgan fingerprint density at radius 2 is 1.76 bits per heavy atom. The third-order valence-electron chi connectivity index (χ3n) is 2.87. The Bertz CT molecular complexity index is 503. The number of rotatable bonds is 3. The van der Waals surface area contributed by atoms with Crippen LogP contribution in [0.15, 0.2) is 47.4 Å². The van der Waals surface area contributed by atoms with Gasteiger partial charge in [-0.15, -0.1) is 11.8 Å². The highest BCUT2D eigenvalue weighted by Gasteiger charge is 2.05. The van der Waals surface area contributed by atoms with Crippen LogP contribution in [0.25, 0.3) is 11.1 Å². The van der Waals surface area contributed by atoms with E-state index < -0.39 is 0 Å². The van der Waals surface area contributed by atoms with Crippen molar-refractivity contribution in [2.24, 2.45) is 0 Å². The molecule has 2 aromatic carbocycles. The first-order valence-corrected chi connectivity index (χ1v) is 6.93. The van der Waals surface area contributed by atoms with Crippen LogP contribution in [0.5, 0.6) is 5.75 Å². The van der Waals surface area contributed by atoms with E-state index in [-0.39, 0.29) is 0 Å². The highest BCUT2D eigenvalue weighted by atomic mass is 32.2. The molecular formula is C15H16OS. The van der Waals surface area contributed by atoms with E-state index in [0.29, 0.717) is 5.75 Å². The summed E-state index contributed by atoms with van der Waals surface area (Å²) in [6, 6.07) is 14.1. The van der Waals surface area contributed by atoms with Gasteiger partial charge in [0.25, 0.3) is 0 Å². The summed E-state index contributed by atoms with van der Waals surface area (Å²) in [7, 11) is 0. The van der Waals surface area contributed by atoms with Crippen LogP contribution in [-0.4, -0.2) is 11.4 Å². The molecule has 0 amide bonds. The lowest BCUT2D eigenvalue weighted by molar-refractivity contribution is 0.477. The second kappa shape index (κ2) is 5.28. The zero-order chi connectivity index (χ0) is 12.3. The summed E-state index contributed by atoms with van der Waals surface area (Å²) in [5.74, 6) is 0.346. The molecule has 0 saturated carbocycles. The Morgan fingerprint density at radius 1 is 1.06 bits per heavy atom. The van der Waals surface area contributed by atoms with Crippen molar-refractivity contribution in [3.05, 3.63) is 48.0 Å². The third kappa shape index (κ3) is 2.64. The van der Waals surface area contributed by atoms with E-state index >= 15 is 0 Å². The molecule has 2 heteroatoms. The number of thioether (sulfide) groups is 1. The molecule has 0 saturated heterocycles. The van der Waals surface area contributed by atoms with Crippen LogP contribution >= 0.6 is 11.8 Å². The van der Waals surface area contributed by atoms with E-state index in [2.05, 4.69) is 43.5 Å². The van der Waals surface area contributed by atoms with Gasteiger partial charge in [-0.3, -0.25) is 0 Å². The lowest BCUT2D eigenvalue weighted by Gasteiger charge is -2.07. The molecule has 0 fully saturated rings. The van der Waals surface area contributed by atoms with E-state index in [1.807, 2.05) is 6.07 Å². The van der Waals surface area contributed by atoms with Gasteiger partial charge in [-0.25, -0.2) is 0 Å². The molecule has 2 aromatic rings. The van der Waals surface area contributed by atoms with Gasteiger partial charge in [-0.1, -0.05) is 25.1 Å². The van der Waals surface area contributed by atoms with Crippen LogP contribution in [0.3, 0.4) is 0 Å². The molecule has 0 aliphatic rings. The summed E-state index contributed by atoms with van der Waals surface area (Å²) in [5.41, 5.74) is 3.22. The van der Waals surface area contributed by atoms with E-state index in [1.165, 1.54) is 10.5 Å². The van der Waals surface area contributed by atoms with Gasteiger partial charge in [0.15, 0.2) is 0 Å². The first kappa shape index (κ1) is 12.1. The standard InChI is InChI=1S/C15H16OS/c1-3-11-4-9-15(16)14(10-11)12-5-7-13(17-2)8-6-12/h4-10,16H,3H2,1-2H3. The predicted molar refractivity (Wildman–Crippen MR) is 74.7 cm³/mol. The van der Waals surface area contributed by atoms with Gasteiger partial charge in [-0.05, 0) is 48.1 Å². The summed E-state index contributed by atoms with van der Waals surface area (Å²) in [6.45, 7) is 2.12. The highest BCUT2D eigenvalue weighted by molar-refractivity contribution is 7.98. The quantitative estimate of drug-likeness (QED) is 0.810. The summed E-state index contributed by atoms with van der Waals surface area (Å²) in [4.78, 5) is 1.24. The van der Waals surface area contributed by atoms with E-state index in [9.17, 15) is 5.11 Å². The van der Waals surface area contributed by atoms with Crippen molar-refractivity contribution in [2.75, 3.05) is 6.26 Å². The topological polar surface area (TPSA) is 20.2 Å². The summed E-state index contributed by atoms with van der Waals surface area (Å²) < 4.78 is 0. The molecule has 0 spiro atoms. The predicted octanol–water partition coefficient (Wildman–Crippen LogP) is 4.34. The molecular weight excluding hydrogens is 228 g/mol. The Labute approximate surface area is 107 Å². The minimum atomic E-state index is 0.346.